The van der Waals surface area contributed by atoms with Gasteiger partial charge in [-0.25, -0.2) is 0 Å². The largest absolute Gasteiger partial charge is 0.492 e. The summed E-state index contributed by atoms with van der Waals surface area (Å²) in [5.74, 6) is 1.89. The Labute approximate surface area is 181 Å². The molecule has 1 amide bonds. The number of carbonyl (C=O) groups is 1. The van der Waals surface area contributed by atoms with Gasteiger partial charge in [0.05, 0.1) is 12.3 Å². The van der Waals surface area contributed by atoms with Gasteiger partial charge in [0.2, 0.25) is 11.8 Å². The molecule has 7 heteroatoms. The Morgan fingerprint density at radius 3 is 2.71 bits per heavy atom. The summed E-state index contributed by atoms with van der Waals surface area (Å²) in [6.07, 6.45) is 0.710. The van der Waals surface area contributed by atoms with Crippen LogP contribution in [0.3, 0.4) is 0 Å². The Morgan fingerprint density at radius 1 is 1.13 bits per heavy atom. The fourth-order valence-corrected chi connectivity index (χ4v) is 3.53. The standard InChI is InChI=1S/C24H26N4O3/c1-4-30-21-12-8-6-10-18(21)25-22(29)15-28-19-11-7-5-9-17(19)14-20(28)24-27-26-23(31-24)13-16(2)3/h5-12,14,16H,4,13,15H2,1-3H3,(H,25,29). The van der Waals surface area contributed by atoms with E-state index in [9.17, 15) is 4.79 Å². The molecule has 0 saturated carbocycles. The Bertz CT molecular complexity index is 1190. The van der Waals surface area contributed by atoms with Crippen LogP contribution in [0.5, 0.6) is 5.75 Å². The highest BCUT2D eigenvalue weighted by Crippen LogP contribution is 2.29. The van der Waals surface area contributed by atoms with Gasteiger partial charge >= 0.3 is 0 Å². The van der Waals surface area contributed by atoms with Gasteiger partial charge < -0.3 is 19.0 Å². The lowest BCUT2D eigenvalue weighted by Gasteiger charge is -2.13. The monoisotopic (exact) mass is 418 g/mol. The van der Waals surface area contributed by atoms with Crippen LogP contribution in [0.15, 0.2) is 59.0 Å². The van der Waals surface area contributed by atoms with Crippen LogP contribution in [-0.4, -0.2) is 27.3 Å². The maximum Gasteiger partial charge on any atom is 0.264 e. The van der Waals surface area contributed by atoms with Crippen molar-refractivity contribution in [1.82, 2.24) is 14.8 Å². The molecule has 7 nitrogen and oxygen atoms in total. The number of para-hydroxylation sites is 3. The van der Waals surface area contributed by atoms with Gasteiger partial charge in [-0.15, -0.1) is 10.2 Å². The normalized spacial score (nSPS) is 11.2. The first-order chi connectivity index (χ1) is 15.0. The summed E-state index contributed by atoms with van der Waals surface area (Å²) in [6, 6.07) is 17.3. The Morgan fingerprint density at radius 2 is 1.90 bits per heavy atom. The minimum atomic E-state index is -0.170. The van der Waals surface area contributed by atoms with E-state index < -0.39 is 0 Å². The van der Waals surface area contributed by atoms with E-state index in [0.29, 0.717) is 42.2 Å². The van der Waals surface area contributed by atoms with E-state index in [0.717, 1.165) is 16.6 Å². The van der Waals surface area contributed by atoms with E-state index in [1.165, 1.54) is 0 Å². The van der Waals surface area contributed by atoms with E-state index in [1.54, 1.807) is 0 Å². The maximum absolute atomic E-state index is 13.0. The number of aromatic nitrogens is 3. The van der Waals surface area contributed by atoms with Gasteiger partial charge in [-0.1, -0.05) is 44.2 Å². The van der Waals surface area contributed by atoms with Crippen molar-refractivity contribution >= 4 is 22.5 Å². The smallest absolute Gasteiger partial charge is 0.264 e. The van der Waals surface area contributed by atoms with Crippen molar-refractivity contribution in [2.24, 2.45) is 5.92 Å². The first-order valence-electron chi connectivity index (χ1n) is 10.5. The molecule has 2 heterocycles. The third-order valence-corrected chi connectivity index (χ3v) is 4.84. The van der Waals surface area contributed by atoms with Crippen molar-refractivity contribution in [3.05, 3.63) is 60.5 Å². The van der Waals surface area contributed by atoms with E-state index in [4.69, 9.17) is 9.15 Å². The number of nitrogens with zero attached hydrogens (tertiary/aromatic N) is 3. The molecule has 0 atom stereocenters. The number of anilines is 1. The Hall–Kier alpha value is -3.61. The predicted octanol–water partition coefficient (Wildman–Crippen LogP) is 4.93. The zero-order chi connectivity index (χ0) is 21.8. The molecule has 0 saturated heterocycles. The molecule has 4 aromatic rings. The number of fused-ring (bicyclic) bond motifs is 1. The molecule has 0 aliphatic heterocycles. The summed E-state index contributed by atoms with van der Waals surface area (Å²) in [5.41, 5.74) is 2.29. The highest BCUT2D eigenvalue weighted by Gasteiger charge is 2.19. The van der Waals surface area contributed by atoms with Gasteiger partial charge in [-0.2, -0.15) is 0 Å². The quantitative estimate of drug-likeness (QED) is 0.439. The van der Waals surface area contributed by atoms with Crippen molar-refractivity contribution in [2.45, 2.75) is 33.7 Å². The third-order valence-electron chi connectivity index (χ3n) is 4.84. The molecule has 0 unspecified atom stereocenters. The average Bonchev–Trinajstić information content (AvgIpc) is 3.34. The van der Waals surface area contributed by atoms with Crippen molar-refractivity contribution < 1.29 is 13.9 Å². The number of rotatable bonds is 8. The van der Waals surface area contributed by atoms with E-state index >= 15 is 0 Å². The second-order valence-corrected chi connectivity index (χ2v) is 7.75. The Balaban J connectivity index is 1.65. The van der Waals surface area contributed by atoms with Crippen LogP contribution in [0.4, 0.5) is 5.69 Å². The Kier molecular flexibility index (Phi) is 6.02. The number of ether oxygens (including phenoxy) is 1. The van der Waals surface area contributed by atoms with Gasteiger partial charge in [0.15, 0.2) is 0 Å². The maximum atomic E-state index is 13.0. The van der Waals surface area contributed by atoms with Gasteiger partial charge in [-0.05, 0) is 37.1 Å². The first-order valence-corrected chi connectivity index (χ1v) is 10.5. The molecule has 2 aromatic carbocycles. The topological polar surface area (TPSA) is 82.2 Å². The lowest BCUT2D eigenvalue weighted by molar-refractivity contribution is -0.116. The number of benzene rings is 2. The summed E-state index contributed by atoms with van der Waals surface area (Å²) in [5, 5.41) is 12.4. The summed E-state index contributed by atoms with van der Waals surface area (Å²) >= 11 is 0. The summed E-state index contributed by atoms with van der Waals surface area (Å²) in [4.78, 5) is 13.0. The van der Waals surface area contributed by atoms with Crippen LogP contribution in [-0.2, 0) is 17.8 Å². The molecule has 0 fully saturated rings. The average molecular weight is 418 g/mol. The molecule has 160 valence electrons. The molecule has 0 aliphatic rings. The van der Waals surface area contributed by atoms with Crippen molar-refractivity contribution in [3.63, 3.8) is 0 Å². The molecule has 0 radical (unpaired) electrons. The van der Waals surface area contributed by atoms with Crippen molar-refractivity contribution in [1.29, 1.82) is 0 Å². The molecule has 0 bridgehead atoms. The lowest BCUT2D eigenvalue weighted by Crippen LogP contribution is -2.19. The highest BCUT2D eigenvalue weighted by molar-refractivity contribution is 5.94. The number of hydrogen-bond acceptors (Lipinski definition) is 5. The van der Waals surface area contributed by atoms with E-state index in [2.05, 4.69) is 29.4 Å². The summed E-state index contributed by atoms with van der Waals surface area (Å²) < 4.78 is 13.4. The molecule has 4 rings (SSSR count). The fraction of sp³-hybridized carbons (Fsp3) is 0.292. The van der Waals surface area contributed by atoms with Gasteiger partial charge in [0.1, 0.15) is 18.0 Å². The van der Waals surface area contributed by atoms with Crippen LogP contribution in [0.25, 0.3) is 22.5 Å². The molecule has 1 N–H and O–H groups in total. The second kappa shape index (κ2) is 9.04. The van der Waals surface area contributed by atoms with Crippen LogP contribution >= 0.6 is 0 Å². The number of carbonyl (C=O) groups excluding carboxylic acids is 1. The molecule has 31 heavy (non-hydrogen) atoms. The minimum Gasteiger partial charge on any atom is -0.492 e. The van der Waals surface area contributed by atoms with Crippen molar-refractivity contribution in [2.75, 3.05) is 11.9 Å². The van der Waals surface area contributed by atoms with E-state index in [1.807, 2.05) is 66.1 Å². The zero-order valence-corrected chi connectivity index (χ0v) is 18.0. The molecule has 0 aliphatic carbocycles. The minimum absolute atomic E-state index is 0.102. The second-order valence-electron chi connectivity index (χ2n) is 7.75. The lowest BCUT2D eigenvalue weighted by atomic mass is 10.1. The van der Waals surface area contributed by atoms with Gasteiger partial charge in [-0.3, -0.25) is 4.79 Å². The predicted molar refractivity (Wildman–Crippen MR) is 120 cm³/mol. The zero-order valence-electron chi connectivity index (χ0n) is 18.0. The summed E-state index contributed by atoms with van der Waals surface area (Å²) in [7, 11) is 0. The summed E-state index contributed by atoms with van der Waals surface area (Å²) in [6.45, 7) is 6.74. The van der Waals surface area contributed by atoms with Crippen LogP contribution in [0.1, 0.15) is 26.7 Å². The molecular formula is C24H26N4O3. The third kappa shape index (κ3) is 4.60. The van der Waals surface area contributed by atoms with E-state index in [-0.39, 0.29) is 12.5 Å². The SMILES string of the molecule is CCOc1ccccc1NC(=O)Cn1c(-c2nnc(CC(C)C)o2)cc2ccccc21. The van der Waals surface area contributed by atoms with Crippen LogP contribution in [0.2, 0.25) is 0 Å². The molecule has 0 spiro atoms. The number of nitrogens with one attached hydrogen (secondary N) is 1. The molecular weight excluding hydrogens is 392 g/mol. The number of amides is 1. The molecule has 2 aromatic heterocycles. The first kappa shape index (κ1) is 20.7. The van der Waals surface area contributed by atoms with Crippen molar-refractivity contribution in [3.8, 4) is 17.3 Å². The fourth-order valence-electron chi connectivity index (χ4n) is 3.53. The van der Waals surface area contributed by atoms with Gasteiger partial charge in [0.25, 0.3) is 5.89 Å². The van der Waals surface area contributed by atoms with Crippen LogP contribution < -0.4 is 10.1 Å². The number of hydrogen-bond donors (Lipinski definition) is 1. The highest BCUT2D eigenvalue weighted by atomic mass is 16.5. The van der Waals surface area contributed by atoms with Gasteiger partial charge in [0, 0.05) is 17.3 Å². The van der Waals surface area contributed by atoms with Crippen LogP contribution in [0, 0.1) is 5.92 Å².